The summed E-state index contributed by atoms with van der Waals surface area (Å²) in [6.45, 7) is 0. The molecule has 1 aromatic carbocycles. The molecule has 0 atom stereocenters. The Hall–Kier alpha value is -2.19. The predicted octanol–water partition coefficient (Wildman–Crippen LogP) is 1.84. The Morgan fingerprint density at radius 3 is 2.70 bits per heavy atom. The molecule has 20 heavy (non-hydrogen) atoms. The number of nitrogen functional groups attached to an aromatic ring is 1. The smallest absolute Gasteiger partial charge is 0.222 e. The third-order valence-corrected chi connectivity index (χ3v) is 3.38. The first-order valence-electron chi connectivity index (χ1n) is 5.54. The van der Waals surface area contributed by atoms with Crippen LogP contribution in [0.3, 0.4) is 0 Å². The van der Waals surface area contributed by atoms with Gasteiger partial charge in [0.2, 0.25) is 11.1 Å². The molecule has 2 aromatic heterocycles. The molecule has 100 valence electrons. The summed E-state index contributed by atoms with van der Waals surface area (Å²) in [5.41, 5.74) is 6.41. The maximum atomic E-state index is 5.84. The van der Waals surface area contributed by atoms with Crippen molar-refractivity contribution in [1.29, 1.82) is 0 Å². The first kappa shape index (κ1) is 12.8. The Kier molecular flexibility index (Phi) is 3.48. The molecule has 3 rings (SSSR count). The van der Waals surface area contributed by atoms with E-state index in [1.165, 1.54) is 11.8 Å². The lowest BCUT2D eigenvalue weighted by atomic mass is 10.3. The number of nitrogens with zero attached hydrogens (tertiary/aromatic N) is 6. The standard InChI is InChI=1S/C11H8ClN7S/c12-8-6-9(15-10(13)14-8)20-11-16-17-18-19(11)7-4-2-1-3-5-7/h1-6H,(H2,13,14,15). The number of aromatic nitrogens is 6. The van der Waals surface area contributed by atoms with Crippen molar-refractivity contribution in [2.24, 2.45) is 0 Å². The zero-order valence-corrected chi connectivity index (χ0v) is 11.6. The summed E-state index contributed by atoms with van der Waals surface area (Å²) in [6, 6.07) is 11.2. The van der Waals surface area contributed by atoms with E-state index in [9.17, 15) is 0 Å². The van der Waals surface area contributed by atoms with E-state index in [1.54, 1.807) is 10.7 Å². The highest BCUT2D eigenvalue weighted by Gasteiger charge is 2.11. The summed E-state index contributed by atoms with van der Waals surface area (Å²) >= 11 is 7.10. The number of rotatable bonds is 3. The van der Waals surface area contributed by atoms with Gasteiger partial charge in [0.1, 0.15) is 10.2 Å². The van der Waals surface area contributed by atoms with Gasteiger partial charge < -0.3 is 5.73 Å². The fourth-order valence-corrected chi connectivity index (χ4v) is 2.59. The van der Waals surface area contributed by atoms with E-state index in [0.29, 0.717) is 10.2 Å². The van der Waals surface area contributed by atoms with Crippen molar-refractivity contribution in [3.63, 3.8) is 0 Å². The predicted molar refractivity (Wildman–Crippen MR) is 74.7 cm³/mol. The second-order valence-electron chi connectivity index (χ2n) is 3.70. The summed E-state index contributed by atoms with van der Waals surface area (Å²) in [6.07, 6.45) is 0. The first-order valence-corrected chi connectivity index (χ1v) is 6.73. The molecule has 0 fully saturated rings. The lowest BCUT2D eigenvalue weighted by Crippen LogP contribution is -2.00. The van der Waals surface area contributed by atoms with Gasteiger partial charge >= 0.3 is 0 Å². The molecule has 0 saturated carbocycles. The summed E-state index contributed by atoms with van der Waals surface area (Å²) in [7, 11) is 0. The quantitative estimate of drug-likeness (QED) is 0.737. The maximum absolute atomic E-state index is 5.84. The van der Waals surface area contributed by atoms with Crippen molar-refractivity contribution >= 4 is 29.3 Å². The minimum Gasteiger partial charge on any atom is -0.368 e. The van der Waals surface area contributed by atoms with Crippen LogP contribution in [-0.4, -0.2) is 30.2 Å². The Balaban J connectivity index is 1.94. The van der Waals surface area contributed by atoms with Gasteiger partial charge in [-0.15, -0.1) is 5.10 Å². The van der Waals surface area contributed by atoms with Crippen molar-refractivity contribution in [3.05, 3.63) is 41.6 Å². The topological polar surface area (TPSA) is 95.4 Å². The van der Waals surface area contributed by atoms with E-state index in [4.69, 9.17) is 17.3 Å². The first-order chi connectivity index (χ1) is 9.72. The minimum absolute atomic E-state index is 0.110. The van der Waals surface area contributed by atoms with Gasteiger partial charge in [-0.2, -0.15) is 4.68 Å². The Morgan fingerprint density at radius 2 is 1.95 bits per heavy atom. The van der Waals surface area contributed by atoms with Crippen molar-refractivity contribution in [2.45, 2.75) is 10.2 Å². The Bertz CT molecular complexity index is 710. The molecule has 0 bridgehead atoms. The summed E-state index contributed by atoms with van der Waals surface area (Å²) in [5, 5.41) is 13.0. The SMILES string of the molecule is Nc1nc(Cl)cc(Sc2nnnn2-c2ccccc2)n1. The molecular weight excluding hydrogens is 298 g/mol. The van der Waals surface area contributed by atoms with Gasteiger partial charge in [0, 0.05) is 6.07 Å². The van der Waals surface area contributed by atoms with Gasteiger partial charge in [0.15, 0.2) is 0 Å². The van der Waals surface area contributed by atoms with Crippen LogP contribution in [-0.2, 0) is 0 Å². The molecule has 9 heteroatoms. The average Bonchev–Trinajstić information content (AvgIpc) is 2.86. The van der Waals surface area contributed by atoms with Gasteiger partial charge in [-0.1, -0.05) is 29.8 Å². The monoisotopic (exact) mass is 305 g/mol. The van der Waals surface area contributed by atoms with Crippen molar-refractivity contribution in [3.8, 4) is 5.69 Å². The average molecular weight is 306 g/mol. The molecule has 0 saturated heterocycles. The largest absolute Gasteiger partial charge is 0.368 e. The molecule has 3 aromatic rings. The van der Waals surface area contributed by atoms with Crippen LogP contribution in [0.1, 0.15) is 0 Å². The second-order valence-corrected chi connectivity index (χ2v) is 5.07. The van der Waals surface area contributed by atoms with Gasteiger partial charge in [0.05, 0.1) is 5.69 Å². The van der Waals surface area contributed by atoms with Gasteiger partial charge in [-0.25, -0.2) is 9.97 Å². The van der Waals surface area contributed by atoms with Crippen LogP contribution in [0.4, 0.5) is 5.95 Å². The third kappa shape index (κ3) is 2.70. The van der Waals surface area contributed by atoms with Crippen LogP contribution in [0.5, 0.6) is 0 Å². The molecule has 0 unspecified atom stereocenters. The highest BCUT2D eigenvalue weighted by Crippen LogP contribution is 2.27. The highest BCUT2D eigenvalue weighted by molar-refractivity contribution is 7.99. The highest BCUT2D eigenvalue weighted by atomic mass is 35.5. The number of hydrogen-bond donors (Lipinski definition) is 1. The minimum atomic E-state index is 0.110. The summed E-state index contributed by atoms with van der Waals surface area (Å²) < 4.78 is 1.61. The van der Waals surface area contributed by atoms with Crippen LogP contribution in [0.25, 0.3) is 5.69 Å². The van der Waals surface area contributed by atoms with Crippen LogP contribution >= 0.6 is 23.4 Å². The van der Waals surface area contributed by atoms with Crippen LogP contribution in [0.15, 0.2) is 46.6 Å². The van der Waals surface area contributed by atoms with Crippen molar-refractivity contribution in [2.75, 3.05) is 5.73 Å². The lowest BCUT2D eigenvalue weighted by molar-refractivity contribution is 0.756. The molecule has 0 spiro atoms. The van der Waals surface area contributed by atoms with Gasteiger partial charge in [-0.3, -0.25) is 0 Å². The number of hydrogen-bond acceptors (Lipinski definition) is 7. The lowest BCUT2D eigenvalue weighted by Gasteiger charge is -2.04. The molecule has 0 aliphatic carbocycles. The van der Waals surface area contributed by atoms with E-state index in [1.807, 2.05) is 30.3 Å². The molecule has 0 radical (unpaired) electrons. The van der Waals surface area contributed by atoms with Crippen LogP contribution < -0.4 is 5.73 Å². The molecule has 2 heterocycles. The Labute approximate surface area is 123 Å². The molecule has 0 amide bonds. The molecule has 0 aliphatic heterocycles. The second kappa shape index (κ2) is 5.43. The van der Waals surface area contributed by atoms with Gasteiger partial charge in [-0.05, 0) is 34.3 Å². The van der Waals surface area contributed by atoms with Crippen molar-refractivity contribution < 1.29 is 0 Å². The number of nitrogens with two attached hydrogens (primary N) is 1. The van der Waals surface area contributed by atoms with E-state index in [-0.39, 0.29) is 11.1 Å². The number of halogens is 1. The molecule has 0 aliphatic rings. The van der Waals surface area contributed by atoms with E-state index >= 15 is 0 Å². The summed E-state index contributed by atoms with van der Waals surface area (Å²) in [5.74, 6) is 0.110. The zero-order valence-electron chi connectivity index (χ0n) is 10.0. The fraction of sp³-hybridized carbons (Fsp3) is 0. The van der Waals surface area contributed by atoms with Crippen molar-refractivity contribution in [1.82, 2.24) is 30.2 Å². The summed E-state index contributed by atoms with van der Waals surface area (Å²) in [4.78, 5) is 7.88. The number of para-hydroxylation sites is 1. The Morgan fingerprint density at radius 1 is 1.15 bits per heavy atom. The number of tetrazole rings is 1. The van der Waals surface area contributed by atoms with Crippen LogP contribution in [0.2, 0.25) is 5.15 Å². The number of anilines is 1. The zero-order chi connectivity index (χ0) is 13.9. The normalized spacial score (nSPS) is 10.7. The third-order valence-electron chi connectivity index (χ3n) is 2.33. The maximum Gasteiger partial charge on any atom is 0.222 e. The molecule has 7 nitrogen and oxygen atoms in total. The molecular formula is C11H8ClN7S. The van der Waals surface area contributed by atoms with E-state index < -0.39 is 0 Å². The van der Waals surface area contributed by atoms with Crippen LogP contribution in [0, 0.1) is 0 Å². The van der Waals surface area contributed by atoms with E-state index in [2.05, 4.69) is 25.5 Å². The number of benzene rings is 1. The molecule has 2 N–H and O–H groups in total. The van der Waals surface area contributed by atoms with Gasteiger partial charge in [0.25, 0.3) is 0 Å². The van der Waals surface area contributed by atoms with E-state index in [0.717, 1.165) is 5.69 Å². The fourth-order valence-electron chi connectivity index (χ4n) is 1.53.